The van der Waals surface area contributed by atoms with E-state index in [1.165, 1.54) is 5.56 Å². The van der Waals surface area contributed by atoms with Gasteiger partial charge in [0.25, 0.3) is 0 Å². The van der Waals surface area contributed by atoms with E-state index < -0.39 is 7.25 Å². The SMILES string of the molecule is C[n+]1ccn(Cc2ccccc2)c1.F[B-](F)(F)F. The highest BCUT2D eigenvalue weighted by Crippen LogP contribution is 2.06. The first kappa shape index (κ1) is 14.3. The van der Waals surface area contributed by atoms with E-state index >= 15 is 0 Å². The summed E-state index contributed by atoms with van der Waals surface area (Å²) < 4.78 is 43.2. The highest BCUT2D eigenvalue weighted by atomic mass is 19.5. The number of halogens is 4. The van der Waals surface area contributed by atoms with Crippen molar-refractivity contribution in [3.05, 3.63) is 54.6 Å². The highest BCUT2D eigenvalue weighted by molar-refractivity contribution is 6.50. The molecule has 2 aromatic rings. The third kappa shape index (κ3) is 6.72. The zero-order valence-electron chi connectivity index (χ0n) is 9.81. The zero-order chi connectivity index (χ0) is 13.6. The second-order valence-electron chi connectivity index (χ2n) is 3.73. The Balaban J connectivity index is 0.000000280. The minimum atomic E-state index is -6.00. The molecule has 0 bridgehead atoms. The third-order valence-electron chi connectivity index (χ3n) is 2.03. The third-order valence-corrected chi connectivity index (χ3v) is 2.03. The minimum absolute atomic E-state index is 0.946. The zero-order valence-corrected chi connectivity index (χ0v) is 9.81. The molecule has 0 saturated heterocycles. The monoisotopic (exact) mass is 260 g/mol. The smallest absolute Gasteiger partial charge is 0.418 e. The van der Waals surface area contributed by atoms with Crippen LogP contribution < -0.4 is 4.57 Å². The van der Waals surface area contributed by atoms with Crippen LogP contribution in [0.3, 0.4) is 0 Å². The van der Waals surface area contributed by atoms with Crippen LogP contribution in [0.4, 0.5) is 17.3 Å². The summed E-state index contributed by atoms with van der Waals surface area (Å²) in [5.41, 5.74) is 1.33. The molecule has 0 aliphatic heterocycles. The Kier molecular flexibility index (Phi) is 4.94. The molecule has 1 aromatic carbocycles. The van der Waals surface area contributed by atoms with Crippen molar-refractivity contribution >= 4 is 7.25 Å². The van der Waals surface area contributed by atoms with E-state index in [2.05, 4.69) is 41.4 Å². The Morgan fingerprint density at radius 2 is 1.67 bits per heavy atom. The lowest BCUT2D eigenvalue weighted by atomic mass is 10.2. The molecule has 2 rings (SSSR count). The van der Waals surface area contributed by atoms with Crippen molar-refractivity contribution in [2.24, 2.45) is 7.05 Å². The number of nitrogens with zero attached hydrogens (tertiary/aromatic N) is 2. The maximum absolute atomic E-state index is 9.75. The molecule has 2 nitrogen and oxygen atoms in total. The lowest BCUT2D eigenvalue weighted by Crippen LogP contribution is -2.23. The molecule has 98 valence electrons. The summed E-state index contributed by atoms with van der Waals surface area (Å²) in [6.07, 6.45) is 6.20. The number of benzene rings is 1. The van der Waals surface area contributed by atoms with E-state index in [-0.39, 0.29) is 0 Å². The average molecular weight is 260 g/mol. The molecule has 0 saturated carbocycles. The lowest BCUT2D eigenvalue weighted by molar-refractivity contribution is -0.671. The molecule has 0 aliphatic rings. The first-order valence-corrected chi connectivity index (χ1v) is 5.27. The van der Waals surface area contributed by atoms with Gasteiger partial charge < -0.3 is 17.3 Å². The fraction of sp³-hybridized carbons (Fsp3) is 0.182. The molecule has 0 spiro atoms. The van der Waals surface area contributed by atoms with Gasteiger partial charge in [0.1, 0.15) is 18.9 Å². The van der Waals surface area contributed by atoms with E-state index in [4.69, 9.17) is 0 Å². The number of hydrogen-bond donors (Lipinski definition) is 0. The van der Waals surface area contributed by atoms with Crippen LogP contribution in [0.5, 0.6) is 0 Å². The molecule has 0 aliphatic carbocycles. The van der Waals surface area contributed by atoms with Crippen molar-refractivity contribution in [1.29, 1.82) is 0 Å². The number of rotatable bonds is 2. The molecule has 1 heterocycles. The maximum atomic E-state index is 9.75. The summed E-state index contributed by atoms with van der Waals surface area (Å²) in [6.45, 7) is 0.946. The van der Waals surface area contributed by atoms with Crippen molar-refractivity contribution in [2.75, 3.05) is 0 Å². The second kappa shape index (κ2) is 6.23. The lowest BCUT2D eigenvalue weighted by Gasteiger charge is -1.95. The molecule has 0 N–H and O–H groups in total. The largest absolute Gasteiger partial charge is 0.673 e. The second-order valence-corrected chi connectivity index (χ2v) is 3.73. The molecule has 7 heteroatoms. The van der Waals surface area contributed by atoms with Crippen LogP contribution in [0.1, 0.15) is 5.56 Å². The number of imidazole rings is 1. The van der Waals surface area contributed by atoms with Crippen LogP contribution >= 0.6 is 0 Å². The predicted molar refractivity (Wildman–Crippen MR) is 61.3 cm³/mol. The van der Waals surface area contributed by atoms with Crippen molar-refractivity contribution in [3.8, 4) is 0 Å². The summed E-state index contributed by atoms with van der Waals surface area (Å²) >= 11 is 0. The van der Waals surface area contributed by atoms with Crippen LogP contribution in [-0.4, -0.2) is 11.8 Å². The Hall–Kier alpha value is -1.79. The van der Waals surface area contributed by atoms with E-state index in [1.807, 2.05) is 23.9 Å². The van der Waals surface area contributed by atoms with Gasteiger partial charge in [-0.15, -0.1) is 0 Å². The first-order valence-electron chi connectivity index (χ1n) is 5.27. The highest BCUT2D eigenvalue weighted by Gasteiger charge is 2.20. The fourth-order valence-corrected chi connectivity index (χ4v) is 1.39. The standard InChI is InChI=1S/C11H13N2.BF4/c1-12-7-8-13(10-12)9-11-5-3-2-4-6-11;2-1(3,4)5/h2-8,10H,9H2,1H3;/q+1;-1. The van der Waals surface area contributed by atoms with E-state index in [0.29, 0.717) is 0 Å². The summed E-state index contributed by atoms with van der Waals surface area (Å²) in [6, 6.07) is 10.5. The van der Waals surface area contributed by atoms with Crippen molar-refractivity contribution in [1.82, 2.24) is 4.57 Å². The van der Waals surface area contributed by atoms with Crippen molar-refractivity contribution < 1.29 is 21.8 Å². The minimum Gasteiger partial charge on any atom is -0.418 e. The van der Waals surface area contributed by atoms with Crippen LogP contribution in [-0.2, 0) is 13.6 Å². The summed E-state index contributed by atoms with van der Waals surface area (Å²) in [7, 11) is -3.97. The molecule has 0 unspecified atom stereocenters. The van der Waals surface area contributed by atoms with Gasteiger partial charge in [0, 0.05) is 0 Å². The van der Waals surface area contributed by atoms with Gasteiger partial charge in [-0.2, -0.15) is 0 Å². The number of hydrogen-bond acceptors (Lipinski definition) is 0. The Morgan fingerprint density at radius 3 is 2.11 bits per heavy atom. The van der Waals surface area contributed by atoms with Crippen molar-refractivity contribution in [2.45, 2.75) is 6.54 Å². The van der Waals surface area contributed by atoms with Gasteiger partial charge in [-0.3, -0.25) is 0 Å². The topological polar surface area (TPSA) is 8.81 Å². The summed E-state index contributed by atoms with van der Waals surface area (Å²) in [5.74, 6) is 0. The van der Waals surface area contributed by atoms with Crippen LogP contribution in [0.2, 0.25) is 0 Å². The average Bonchev–Trinajstić information content (AvgIpc) is 2.63. The van der Waals surface area contributed by atoms with Crippen LogP contribution in [0.15, 0.2) is 49.1 Å². The van der Waals surface area contributed by atoms with Gasteiger partial charge in [-0.1, -0.05) is 30.3 Å². The molecule has 0 fully saturated rings. The van der Waals surface area contributed by atoms with Gasteiger partial charge in [-0.05, 0) is 5.56 Å². The van der Waals surface area contributed by atoms with Crippen molar-refractivity contribution in [3.63, 3.8) is 0 Å². The Morgan fingerprint density at radius 1 is 1.11 bits per heavy atom. The first-order chi connectivity index (χ1) is 8.34. The van der Waals surface area contributed by atoms with Gasteiger partial charge in [-0.25, -0.2) is 9.13 Å². The predicted octanol–water partition coefficient (Wildman–Crippen LogP) is 2.66. The number of aromatic nitrogens is 2. The molecule has 0 amide bonds. The summed E-state index contributed by atoms with van der Waals surface area (Å²) in [5, 5.41) is 0. The molecular formula is C11H13BF4N2. The van der Waals surface area contributed by atoms with E-state index in [9.17, 15) is 17.3 Å². The van der Waals surface area contributed by atoms with Gasteiger partial charge in [0.15, 0.2) is 0 Å². The van der Waals surface area contributed by atoms with E-state index in [1.54, 1.807) is 0 Å². The number of aryl methyl sites for hydroxylation is 1. The Bertz CT molecular complexity index is 461. The fourth-order valence-electron chi connectivity index (χ4n) is 1.39. The molecule has 0 atom stereocenters. The van der Waals surface area contributed by atoms with Gasteiger partial charge in [0.2, 0.25) is 6.33 Å². The summed E-state index contributed by atoms with van der Waals surface area (Å²) in [4.78, 5) is 0. The normalized spacial score (nSPS) is 10.7. The molecule has 1 aromatic heterocycles. The van der Waals surface area contributed by atoms with Crippen LogP contribution in [0, 0.1) is 0 Å². The van der Waals surface area contributed by atoms with Crippen LogP contribution in [0.25, 0.3) is 0 Å². The quantitative estimate of drug-likeness (QED) is 0.446. The maximum Gasteiger partial charge on any atom is 0.673 e. The molecular weight excluding hydrogens is 247 g/mol. The Labute approximate surface area is 103 Å². The van der Waals surface area contributed by atoms with Gasteiger partial charge in [0.05, 0.1) is 7.05 Å². The molecule has 0 radical (unpaired) electrons. The molecule has 18 heavy (non-hydrogen) atoms. The van der Waals surface area contributed by atoms with Gasteiger partial charge >= 0.3 is 7.25 Å². The van der Waals surface area contributed by atoms with E-state index in [0.717, 1.165) is 6.54 Å².